The molecule has 2 N–H and O–H groups in total. The molecule has 0 aliphatic rings. The second-order valence-electron chi connectivity index (χ2n) is 6.64. The summed E-state index contributed by atoms with van der Waals surface area (Å²) in [5.41, 5.74) is 0.672. The number of hydrogen-bond donors (Lipinski definition) is 2. The third-order valence-corrected chi connectivity index (χ3v) is 6.06. The van der Waals surface area contributed by atoms with Gasteiger partial charge in [0.05, 0.1) is 23.3 Å². The summed E-state index contributed by atoms with van der Waals surface area (Å²) in [5.74, 6) is -1.24. The number of halogens is 2. The molecule has 0 spiro atoms. The number of esters is 1. The van der Waals surface area contributed by atoms with E-state index in [1.807, 2.05) is 0 Å². The van der Waals surface area contributed by atoms with Gasteiger partial charge in [-0.1, -0.05) is 23.7 Å². The Hall–Kier alpha value is -3.14. The van der Waals surface area contributed by atoms with Crippen LogP contribution in [0.2, 0.25) is 5.02 Å². The number of sulfonamides is 1. The molecule has 10 heteroatoms. The summed E-state index contributed by atoms with van der Waals surface area (Å²) in [6.07, 6.45) is -1.05. The molecule has 0 heterocycles. The minimum Gasteiger partial charge on any atom is -0.488 e. The lowest BCUT2D eigenvalue weighted by Gasteiger charge is -2.17. The zero-order valence-electron chi connectivity index (χ0n) is 16.8. The lowest BCUT2D eigenvalue weighted by atomic mass is 10.1. The van der Waals surface area contributed by atoms with E-state index in [1.54, 1.807) is 24.3 Å². The zero-order valence-corrected chi connectivity index (χ0v) is 18.4. The van der Waals surface area contributed by atoms with Crippen molar-refractivity contribution in [2.45, 2.75) is 11.0 Å². The highest BCUT2D eigenvalue weighted by molar-refractivity contribution is 7.92. The molecule has 0 saturated heterocycles. The summed E-state index contributed by atoms with van der Waals surface area (Å²) < 4.78 is 51.2. The van der Waals surface area contributed by atoms with Crippen molar-refractivity contribution >= 4 is 33.3 Å². The van der Waals surface area contributed by atoms with Crippen LogP contribution in [0, 0.1) is 5.82 Å². The highest BCUT2D eigenvalue weighted by Crippen LogP contribution is 2.30. The molecule has 0 radical (unpaired) electrons. The highest BCUT2D eigenvalue weighted by atomic mass is 35.5. The number of aliphatic hydroxyl groups excluding tert-OH is 1. The molecule has 3 rings (SSSR count). The van der Waals surface area contributed by atoms with Gasteiger partial charge in [0.15, 0.2) is 0 Å². The predicted octanol–water partition coefficient (Wildman–Crippen LogP) is 4.18. The fourth-order valence-electron chi connectivity index (χ4n) is 2.74. The topological polar surface area (TPSA) is 102 Å². The highest BCUT2D eigenvalue weighted by Gasteiger charge is 2.19. The number of carbonyl (C=O) groups is 1. The van der Waals surface area contributed by atoms with Crippen LogP contribution < -0.4 is 9.46 Å². The second-order valence-corrected chi connectivity index (χ2v) is 8.76. The van der Waals surface area contributed by atoms with E-state index >= 15 is 0 Å². The minimum atomic E-state index is -4.08. The van der Waals surface area contributed by atoms with Crippen molar-refractivity contribution < 1.29 is 32.2 Å². The van der Waals surface area contributed by atoms with E-state index < -0.39 is 27.9 Å². The van der Waals surface area contributed by atoms with Gasteiger partial charge in [-0.15, -0.1) is 0 Å². The molecule has 7 nitrogen and oxygen atoms in total. The van der Waals surface area contributed by atoms with Crippen molar-refractivity contribution in [3.05, 3.63) is 88.7 Å². The van der Waals surface area contributed by atoms with Gasteiger partial charge in [-0.25, -0.2) is 17.6 Å². The first-order valence-corrected chi connectivity index (χ1v) is 11.1. The largest absolute Gasteiger partial charge is 0.488 e. The monoisotopic (exact) mass is 479 g/mol. The van der Waals surface area contributed by atoms with Crippen LogP contribution in [-0.4, -0.2) is 33.2 Å². The Morgan fingerprint density at radius 2 is 1.75 bits per heavy atom. The second kappa shape index (κ2) is 9.99. The number of nitrogens with one attached hydrogen (secondary N) is 1. The molecule has 32 heavy (non-hydrogen) atoms. The number of anilines is 1. The summed E-state index contributed by atoms with van der Waals surface area (Å²) in [6.45, 7) is -0.239. The number of hydrogen-bond acceptors (Lipinski definition) is 6. The molecular weight excluding hydrogens is 461 g/mol. The minimum absolute atomic E-state index is 0.00778. The van der Waals surface area contributed by atoms with Crippen molar-refractivity contribution in [2.24, 2.45) is 0 Å². The number of methoxy groups -OCH3 is 1. The van der Waals surface area contributed by atoms with Crippen LogP contribution in [-0.2, 0) is 14.8 Å². The summed E-state index contributed by atoms with van der Waals surface area (Å²) >= 11 is 5.85. The number of rotatable bonds is 8. The van der Waals surface area contributed by atoms with Gasteiger partial charge in [-0.2, -0.15) is 0 Å². The summed E-state index contributed by atoms with van der Waals surface area (Å²) in [6, 6.07) is 14.7. The van der Waals surface area contributed by atoms with Crippen LogP contribution in [0.25, 0.3) is 0 Å². The maximum Gasteiger partial charge on any atom is 0.337 e. The molecule has 0 fully saturated rings. The first kappa shape index (κ1) is 23.5. The smallest absolute Gasteiger partial charge is 0.337 e. The average Bonchev–Trinajstić information content (AvgIpc) is 2.78. The van der Waals surface area contributed by atoms with E-state index in [2.05, 4.69) is 9.46 Å². The van der Waals surface area contributed by atoms with Gasteiger partial charge in [0.2, 0.25) is 0 Å². The maximum absolute atomic E-state index is 13.1. The van der Waals surface area contributed by atoms with Crippen molar-refractivity contribution in [1.82, 2.24) is 0 Å². The van der Waals surface area contributed by atoms with Gasteiger partial charge in [0.1, 0.15) is 24.3 Å². The molecule has 0 bridgehead atoms. The Morgan fingerprint density at radius 3 is 2.38 bits per heavy atom. The lowest BCUT2D eigenvalue weighted by Crippen LogP contribution is -2.16. The first-order chi connectivity index (χ1) is 15.2. The molecule has 0 saturated carbocycles. The van der Waals surface area contributed by atoms with Gasteiger partial charge < -0.3 is 14.6 Å². The van der Waals surface area contributed by atoms with Crippen molar-refractivity contribution in [3.63, 3.8) is 0 Å². The molecule has 1 atom stereocenters. The molecule has 3 aromatic carbocycles. The third-order valence-electron chi connectivity index (χ3n) is 4.42. The normalized spacial score (nSPS) is 12.1. The van der Waals surface area contributed by atoms with Crippen molar-refractivity contribution in [2.75, 3.05) is 18.4 Å². The lowest BCUT2D eigenvalue weighted by molar-refractivity contribution is 0.0600. The van der Waals surface area contributed by atoms with E-state index in [9.17, 15) is 22.7 Å². The summed E-state index contributed by atoms with van der Waals surface area (Å²) in [7, 11) is -2.87. The zero-order chi connectivity index (χ0) is 23.3. The Labute approximate surface area is 189 Å². The molecule has 0 aliphatic carbocycles. The van der Waals surface area contributed by atoms with Gasteiger partial charge in [0, 0.05) is 5.02 Å². The summed E-state index contributed by atoms with van der Waals surface area (Å²) in [4.78, 5) is 11.7. The van der Waals surface area contributed by atoms with Crippen LogP contribution in [0.5, 0.6) is 5.75 Å². The van der Waals surface area contributed by atoms with Gasteiger partial charge in [-0.3, -0.25) is 4.72 Å². The van der Waals surface area contributed by atoms with Crippen molar-refractivity contribution in [1.29, 1.82) is 0 Å². The number of ether oxygens (including phenoxy) is 2. The molecule has 168 valence electrons. The van der Waals surface area contributed by atoms with Crippen LogP contribution in [0.15, 0.2) is 71.6 Å². The molecule has 0 aromatic heterocycles. The SMILES string of the molecule is COC(=O)c1ccc(NS(=O)(=O)c2ccc(F)cc2)c(OC[C@@H](O)c2ccc(Cl)cc2)c1. The molecule has 3 aromatic rings. The molecular formula is C22H19ClFNO6S. The van der Waals surface area contributed by atoms with Crippen LogP contribution >= 0.6 is 11.6 Å². The average molecular weight is 480 g/mol. The van der Waals surface area contributed by atoms with E-state index in [1.165, 1.54) is 25.3 Å². The maximum atomic E-state index is 13.1. The van der Waals surface area contributed by atoms with E-state index in [4.69, 9.17) is 16.3 Å². The van der Waals surface area contributed by atoms with Gasteiger partial charge in [0.25, 0.3) is 10.0 Å². The van der Waals surface area contributed by atoms with E-state index in [0.717, 1.165) is 24.3 Å². The number of aliphatic hydroxyl groups is 1. The Morgan fingerprint density at radius 1 is 1.09 bits per heavy atom. The molecule has 0 aliphatic heterocycles. The predicted molar refractivity (Wildman–Crippen MR) is 117 cm³/mol. The van der Waals surface area contributed by atoms with Crippen LogP contribution in [0.4, 0.5) is 10.1 Å². The number of benzene rings is 3. The molecule has 0 unspecified atom stereocenters. The van der Waals surface area contributed by atoms with Gasteiger partial charge >= 0.3 is 5.97 Å². The number of carbonyl (C=O) groups excluding carboxylic acids is 1. The first-order valence-electron chi connectivity index (χ1n) is 9.26. The van der Waals surface area contributed by atoms with Crippen LogP contribution in [0.1, 0.15) is 22.0 Å². The fourth-order valence-corrected chi connectivity index (χ4v) is 3.93. The summed E-state index contributed by atoms with van der Waals surface area (Å²) in [5, 5.41) is 10.9. The van der Waals surface area contributed by atoms with Crippen molar-refractivity contribution in [3.8, 4) is 5.75 Å². The van der Waals surface area contributed by atoms with E-state index in [0.29, 0.717) is 10.6 Å². The third kappa shape index (κ3) is 5.76. The Kier molecular flexibility index (Phi) is 7.34. The van der Waals surface area contributed by atoms with E-state index in [-0.39, 0.29) is 28.5 Å². The fraction of sp³-hybridized carbons (Fsp3) is 0.136. The molecule has 0 amide bonds. The van der Waals surface area contributed by atoms with Gasteiger partial charge in [-0.05, 0) is 60.2 Å². The standard InChI is InChI=1S/C22H19ClFNO6S/c1-30-22(27)15-4-11-19(25-32(28,29)18-9-7-17(24)8-10-18)21(12-15)31-13-20(26)14-2-5-16(23)6-3-14/h2-12,20,25-26H,13H2,1H3/t20-/m1/s1. The Balaban J connectivity index is 1.87. The quantitative estimate of drug-likeness (QED) is 0.470. The Bertz CT molecular complexity index is 1200. The van der Waals surface area contributed by atoms with Crippen LogP contribution in [0.3, 0.4) is 0 Å².